The molecule has 2 amide bonds. The van der Waals surface area contributed by atoms with Crippen molar-refractivity contribution in [2.24, 2.45) is 0 Å². The summed E-state index contributed by atoms with van der Waals surface area (Å²) in [6, 6.07) is 13.7. The summed E-state index contributed by atoms with van der Waals surface area (Å²) < 4.78 is 5.34. The quantitative estimate of drug-likeness (QED) is 0.776. The minimum Gasteiger partial charge on any atom is -0.478 e. The van der Waals surface area contributed by atoms with E-state index in [0.717, 1.165) is 18.7 Å². The molecule has 1 aromatic heterocycles. The monoisotopic (exact) mass is 409 g/mol. The molecule has 8 heteroatoms. The maximum Gasteiger partial charge on any atom is 0.255 e. The highest BCUT2D eigenvalue weighted by Crippen LogP contribution is 2.26. The summed E-state index contributed by atoms with van der Waals surface area (Å²) in [6.45, 7) is 5.12. The van der Waals surface area contributed by atoms with Crippen molar-refractivity contribution < 1.29 is 14.3 Å². The van der Waals surface area contributed by atoms with Crippen molar-refractivity contribution in [1.29, 1.82) is 0 Å². The van der Waals surface area contributed by atoms with Gasteiger partial charge >= 0.3 is 0 Å². The van der Waals surface area contributed by atoms with Crippen LogP contribution < -0.4 is 15.6 Å². The minimum absolute atomic E-state index is 0.00819. The molecule has 2 unspecified atom stereocenters. The highest BCUT2D eigenvalue weighted by molar-refractivity contribution is 5.94. The first kappa shape index (κ1) is 20.3. The first-order chi connectivity index (χ1) is 14.7. The molecule has 0 radical (unpaired) electrons. The number of carbonyl (C=O) groups is 2. The van der Waals surface area contributed by atoms with Crippen LogP contribution in [0.15, 0.2) is 48.7 Å². The largest absolute Gasteiger partial charge is 0.478 e. The van der Waals surface area contributed by atoms with Gasteiger partial charge in [-0.3, -0.25) is 19.9 Å². The molecule has 8 nitrogen and oxygen atoms in total. The number of aromatic nitrogens is 1. The van der Waals surface area contributed by atoms with Gasteiger partial charge < -0.3 is 9.64 Å². The number of benzene rings is 1. The first-order valence-corrected chi connectivity index (χ1v) is 10.4. The number of hydrazine groups is 1. The van der Waals surface area contributed by atoms with Crippen molar-refractivity contribution in [3.8, 4) is 5.88 Å². The fraction of sp³-hybridized carbons (Fsp3) is 0.409. The summed E-state index contributed by atoms with van der Waals surface area (Å²) in [4.78, 5) is 33.2. The maximum atomic E-state index is 12.8. The van der Waals surface area contributed by atoms with Gasteiger partial charge in [0.25, 0.3) is 5.91 Å². The third kappa shape index (κ3) is 4.44. The average Bonchev–Trinajstić information content (AvgIpc) is 2.80. The smallest absolute Gasteiger partial charge is 0.255 e. The summed E-state index contributed by atoms with van der Waals surface area (Å²) in [5.41, 5.74) is 7.63. The molecule has 30 heavy (non-hydrogen) atoms. The third-order valence-corrected chi connectivity index (χ3v) is 5.65. The lowest BCUT2D eigenvalue weighted by Gasteiger charge is -2.44. The van der Waals surface area contributed by atoms with E-state index < -0.39 is 0 Å². The lowest BCUT2D eigenvalue weighted by atomic mass is 9.93. The Morgan fingerprint density at radius 2 is 1.90 bits per heavy atom. The van der Waals surface area contributed by atoms with E-state index in [9.17, 15) is 9.59 Å². The van der Waals surface area contributed by atoms with Crippen LogP contribution in [0.4, 0.5) is 0 Å². The number of nitrogens with one attached hydrogen (secondary N) is 2. The predicted molar refractivity (Wildman–Crippen MR) is 112 cm³/mol. The van der Waals surface area contributed by atoms with E-state index in [1.807, 2.05) is 30.0 Å². The van der Waals surface area contributed by atoms with Gasteiger partial charge in [0.2, 0.25) is 11.8 Å². The number of ether oxygens (including phenoxy) is 1. The second kappa shape index (κ2) is 9.23. The predicted octanol–water partition coefficient (Wildman–Crippen LogP) is 1.37. The fourth-order valence-electron chi connectivity index (χ4n) is 4.10. The third-order valence-electron chi connectivity index (χ3n) is 5.65. The van der Waals surface area contributed by atoms with Crippen molar-refractivity contribution in [3.63, 3.8) is 0 Å². The van der Waals surface area contributed by atoms with Crippen LogP contribution in [-0.2, 0) is 4.79 Å². The van der Waals surface area contributed by atoms with Gasteiger partial charge in [-0.2, -0.15) is 0 Å². The van der Waals surface area contributed by atoms with Crippen LogP contribution in [0, 0.1) is 0 Å². The molecule has 0 aliphatic carbocycles. The van der Waals surface area contributed by atoms with Gasteiger partial charge in [-0.05, 0) is 18.6 Å². The Labute approximate surface area is 176 Å². The van der Waals surface area contributed by atoms with Crippen LogP contribution in [0.3, 0.4) is 0 Å². The van der Waals surface area contributed by atoms with Gasteiger partial charge in [0, 0.05) is 50.9 Å². The molecular formula is C22H27N5O3. The van der Waals surface area contributed by atoms with Crippen LogP contribution in [0.5, 0.6) is 5.88 Å². The SMILES string of the molecule is CCOc1ccc(C(=O)N2CCN(C3CC(=O)NNC3c3ccccc3)CC2)cn1. The van der Waals surface area contributed by atoms with Crippen LogP contribution >= 0.6 is 0 Å². The van der Waals surface area contributed by atoms with E-state index in [2.05, 4.69) is 32.9 Å². The highest BCUT2D eigenvalue weighted by Gasteiger charge is 2.36. The van der Waals surface area contributed by atoms with Crippen molar-refractivity contribution >= 4 is 11.8 Å². The maximum absolute atomic E-state index is 12.8. The second-order valence-corrected chi connectivity index (χ2v) is 7.50. The molecule has 3 heterocycles. The highest BCUT2D eigenvalue weighted by atomic mass is 16.5. The zero-order valence-corrected chi connectivity index (χ0v) is 17.1. The lowest BCUT2D eigenvalue weighted by molar-refractivity contribution is -0.127. The number of hydrogen-bond donors (Lipinski definition) is 2. The number of hydrogen-bond acceptors (Lipinski definition) is 6. The summed E-state index contributed by atoms with van der Waals surface area (Å²) in [5, 5.41) is 0. The van der Waals surface area contributed by atoms with Gasteiger partial charge in [0.15, 0.2) is 0 Å². The van der Waals surface area contributed by atoms with E-state index >= 15 is 0 Å². The molecule has 2 fully saturated rings. The second-order valence-electron chi connectivity index (χ2n) is 7.50. The molecular weight excluding hydrogens is 382 g/mol. The van der Waals surface area contributed by atoms with E-state index in [1.54, 1.807) is 18.3 Å². The Balaban J connectivity index is 1.40. The summed E-state index contributed by atoms with van der Waals surface area (Å²) in [7, 11) is 0. The number of nitrogens with zero attached hydrogens (tertiary/aromatic N) is 3. The van der Waals surface area contributed by atoms with Gasteiger partial charge in [-0.25, -0.2) is 10.4 Å². The minimum atomic E-state index is -0.0238. The Morgan fingerprint density at radius 1 is 1.13 bits per heavy atom. The van der Waals surface area contributed by atoms with Crippen molar-refractivity contribution in [2.45, 2.75) is 25.4 Å². The van der Waals surface area contributed by atoms with Crippen LogP contribution in [-0.4, -0.2) is 65.4 Å². The molecule has 2 aliphatic heterocycles. The summed E-state index contributed by atoms with van der Waals surface area (Å²) in [6.07, 6.45) is 2.00. The number of amides is 2. The standard InChI is InChI=1S/C22H27N5O3/c1-2-30-20-9-8-17(15-23-20)22(29)27-12-10-26(11-13-27)18-14-19(28)24-25-21(18)16-6-4-3-5-7-16/h3-9,15,18,21,25H,2,10-14H2,1H3,(H,24,28). The van der Waals surface area contributed by atoms with E-state index in [4.69, 9.17) is 4.74 Å². The first-order valence-electron chi connectivity index (χ1n) is 10.4. The van der Waals surface area contributed by atoms with E-state index in [0.29, 0.717) is 37.6 Å². The van der Waals surface area contributed by atoms with Crippen molar-refractivity contribution in [1.82, 2.24) is 25.6 Å². The molecule has 2 N–H and O–H groups in total. The normalized spacial score (nSPS) is 22.4. The van der Waals surface area contributed by atoms with Crippen molar-refractivity contribution in [2.75, 3.05) is 32.8 Å². The zero-order chi connectivity index (χ0) is 20.9. The number of piperazine rings is 1. The lowest BCUT2D eigenvalue weighted by Crippen LogP contribution is -2.60. The van der Waals surface area contributed by atoms with E-state index in [1.165, 1.54) is 0 Å². The number of carbonyl (C=O) groups excluding carboxylic acids is 2. The topological polar surface area (TPSA) is 86.8 Å². The average molecular weight is 409 g/mol. The number of pyridine rings is 1. The summed E-state index contributed by atoms with van der Waals surface area (Å²) >= 11 is 0. The Morgan fingerprint density at radius 3 is 2.57 bits per heavy atom. The van der Waals surface area contributed by atoms with Gasteiger partial charge in [0.05, 0.1) is 18.2 Å². The van der Waals surface area contributed by atoms with Crippen LogP contribution in [0.1, 0.15) is 35.3 Å². The molecule has 158 valence electrons. The fourth-order valence-corrected chi connectivity index (χ4v) is 4.10. The van der Waals surface area contributed by atoms with Crippen LogP contribution in [0.2, 0.25) is 0 Å². The molecule has 2 aromatic rings. The Bertz CT molecular complexity index is 866. The number of rotatable bonds is 5. The summed E-state index contributed by atoms with van der Waals surface area (Å²) in [5.74, 6) is 0.490. The molecule has 0 saturated carbocycles. The van der Waals surface area contributed by atoms with Crippen molar-refractivity contribution in [3.05, 3.63) is 59.8 Å². The molecule has 4 rings (SSSR count). The van der Waals surface area contributed by atoms with Gasteiger partial charge in [0.1, 0.15) is 0 Å². The molecule has 0 spiro atoms. The molecule has 2 aliphatic rings. The molecule has 2 saturated heterocycles. The van der Waals surface area contributed by atoms with E-state index in [-0.39, 0.29) is 23.9 Å². The van der Waals surface area contributed by atoms with Crippen LogP contribution in [0.25, 0.3) is 0 Å². The molecule has 2 atom stereocenters. The molecule has 0 bridgehead atoms. The van der Waals surface area contributed by atoms with Gasteiger partial charge in [-0.1, -0.05) is 30.3 Å². The zero-order valence-electron chi connectivity index (χ0n) is 17.1. The Kier molecular flexibility index (Phi) is 6.25. The molecule has 1 aromatic carbocycles. The van der Waals surface area contributed by atoms with Gasteiger partial charge in [-0.15, -0.1) is 0 Å². The Hall–Kier alpha value is -2.97.